The number of rotatable bonds is 3. The van der Waals surface area contributed by atoms with Gasteiger partial charge in [-0.05, 0) is 25.0 Å². The average molecular weight is 259 g/mol. The third-order valence-electron chi connectivity index (χ3n) is 2.26. The van der Waals surface area contributed by atoms with Crippen LogP contribution in [-0.2, 0) is 37.5 Å². The van der Waals surface area contributed by atoms with Gasteiger partial charge in [-0.15, -0.1) is 0 Å². The number of ketones is 1. The van der Waals surface area contributed by atoms with Crippen molar-refractivity contribution in [2.75, 3.05) is 19.6 Å². The molecule has 0 saturated carbocycles. The Morgan fingerprint density at radius 1 is 1.46 bits per heavy atom. The van der Waals surface area contributed by atoms with Gasteiger partial charge in [0, 0.05) is 52.3 Å². The van der Waals surface area contributed by atoms with Gasteiger partial charge in [0.1, 0.15) is 0 Å². The number of hydrogen-bond donors (Lipinski definition) is 1. The molecule has 0 aromatic heterocycles. The van der Waals surface area contributed by atoms with E-state index < -0.39 is 0 Å². The van der Waals surface area contributed by atoms with Crippen molar-refractivity contribution in [3.63, 3.8) is 0 Å². The molecule has 1 N–H and O–H groups in total. The van der Waals surface area contributed by atoms with Gasteiger partial charge in [-0.1, -0.05) is 0 Å². The quantitative estimate of drug-likeness (QED) is 0.738. The number of hydrogen-bond acceptors (Lipinski definition) is 3. The van der Waals surface area contributed by atoms with Crippen molar-refractivity contribution in [1.82, 2.24) is 4.90 Å². The van der Waals surface area contributed by atoms with Crippen molar-refractivity contribution in [2.24, 2.45) is 0 Å². The number of piperidine rings is 1. The van der Waals surface area contributed by atoms with Gasteiger partial charge in [0.25, 0.3) is 0 Å². The SMILES string of the molecule is [CH2-]C(=O)CCN1CCC(O)CC1.[Y]. The van der Waals surface area contributed by atoms with Gasteiger partial charge in [0.15, 0.2) is 0 Å². The van der Waals surface area contributed by atoms with E-state index in [1.54, 1.807) is 0 Å². The van der Waals surface area contributed by atoms with E-state index in [9.17, 15) is 9.90 Å². The van der Waals surface area contributed by atoms with Gasteiger partial charge in [-0.2, -0.15) is 0 Å². The third kappa shape index (κ3) is 5.79. The van der Waals surface area contributed by atoms with E-state index in [2.05, 4.69) is 11.8 Å². The Kier molecular flexibility index (Phi) is 7.24. The second-order valence-electron chi connectivity index (χ2n) is 3.36. The fourth-order valence-electron chi connectivity index (χ4n) is 1.43. The van der Waals surface area contributed by atoms with E-state index in [-0.39, 0.29) is 44.6 Å². The molecule has 0 aliphatic carbocycles. The first-order valence-electron chi connectivity index (χ1n) is 4.43. The first kappa shape index (κ1) is 13.6. The number of carbonyl (C=O) groups is 1. The van der Waals surface area contributed by atoms with Crippen LogP contribution in [0.5, 0.6) is 0 Å². The molecule has 0 amide bonds. The van der Waals surface area contributed by atoms with E-state index in [0.717, 1.165) is 32.5 Å². The van der Waals surface area contributed by atoms with E-state index >= 15 is 0 Å². The van der Waals surface area contributed by atoms with Crippen molar-refractivity contribution >= 4 is 5.78 Å². The Morgan fingerprint density at radius 3 is 2.46 bits per heavy atom. The zero-order chi connectivity index (χ0) is 8.97. The predicted molar refractivity (Wildman–Crippen MR) is 46.7 cm³/mol. The minimum atomic E-state index is -0.128. The van der Waals surface area contributed by atoms with Gasteiger partial charge in [0.05, 0.1) is 6.10 Å². The number of aliphatic hydroxyl groups excluding tert-OH is 1. The summed E-state index contributed by atoms with van der Waals surface area (Å²) in [6.45, 7) is 5.95. The van der Waals surface area contributed by atoms with Crippen LogP contribution in [0.3, 0.4) is 0 Å². The van der Waals surface area contributed by atoms with Crippen LogP contribution < -0.4 is 0 Å². The molecule has 0 aromatic rings. The summed E-state index contributed by atoms with van der Waals surface area (Å²) in [6, 6.07) is 0. The number of nitrogens with zero attached hydrogens (tertiary/aromatic N) is 1. The molecule has 1 rings (SSSR count). The van der Waals surface area contributed by atoms with Gasteiger partial charge >= 0.3 is 0 Å². The number of likely N-dealkylation sites (tertiary alicyclic amines) is 1. The van der Waals surface area contributed by atoms with Crippen molar-refractivity contribution in [3.8, 4) is 0 Å². The number of Topliss-reactive ketones (excluding diaryl/α,β-unsaturated/α-hetero) is 1. The summed E-state index contributed by atoms with van der Waals surface area (Å²) in [6.07, 6.45) is 2.09. The zero-order valence-electron chi connectivity index (χ0n) is 7.91. The van der Waals surface area contributed by atoms with Crippen LogP contribution in [0.15, 0.2) is 0 Å². The molecular weight excluding hydrogens is 243 g/mol. The summed E-state index contributed by atoms with van der Waals surface area (Å²) in [5.41, 5.74) is 0. The summed E-state index contributed by atoms with van der Waals surface area (Å²) < 4.78 is 0. The number of aliphatic hydroxyl groups is 1. The van der Waals surface area contributed by atoms with Gasteiger partial charge in [-0.3, -0.25) is 0 Å². The largest absolute Gasteiger partial charge is 0.393 e. The molecule has 1 fully saturated rings. The summed E-state index contributed by atoms with van der Waals surface area (Å²) in [7, 11) is 0. The minimum Gasteiger partial charge on any atom is -0.393 e. The van der Waals surface area contributed by atoms with Crippen molar-refractivity contribution in [1.29, 1.82) is 0 Å². The maximum absolute atomic E-state index is 10.6. The molecule has 0 aromatic carbocycles. The first-order valence-corrected chi connectivity index (χ1v) is 4.43. The second kappa shape index (κ2) is 6.94. The van der Waals surface area contributed by atoms with Crippen LogP contribution >= 0.6 is 0 Å². The molecule has 0 bridgehead atoms. The average Bonchev–Trinajstić information content (AvgIpc) is 2.03. The summed E-state index contributed by atoms with van der Waals surface area (Å²) in [4.78, 5) is 12.8. The molecular formula is C9H16NO2Y-. The molecule has 1 heterocycles. The minimum absolute atomic E-state index is 0. The smallest absolute Gasteiger partial charge is 0.0564 e. The van der Waals surface area contributed by atoms with Crippen molar-refractivity contribution < 1.29 is 42.6 Å². The van der Waals surface area contributed by atoms with E-state index in [1.165, 1.54) is 0 Å². The van der Waals surface area contributed by atoms with Crippen molar-refractivity contribution in [3.05, 3.63) is 6.92 Å². The summed E-state index contributed by atoms with van der Waals surface area (Å²) in [5, 5.41) is 9.20. The van der Waals surface area contributed by atoms with Crippen LogP contribution in [0.4, 0.5) is 0 Å². The maximum atomic E-state index is 10.6. The van der Waals surface area contributed by atoms with Crippen LogP contribution in [0.25, 0.3) is 0 Å². The van der Waals surface area contributed by atoms with Crippen LogP contribution in [-0.4, -0.2) is 41.5 Å². The summed E-state index contributed by atoms with van der Waals surface area (Å²) in [5.74, 6) is 0.00104. The molecule has 3 nitrogen and oxygen atoms in total. The third-order valence-corrected chi connectivity index (χ3v) is 2.26. The molecule has 0 atom stereocenters. The van der Waals surface area contributed by atoms with Gasteiger partial charge in [-0.25, -0.2) is 0 Å². The zero-order valence-corrected chi connectivity index (χ0v) is 10.7. The molecule has 1 saturated heterocycles. The van der Waals surface area contributed by atoms with Crippen LogP contribution in [0.1, 0.15) is 19.3 Å². The molecule has 4 heteroatoms. The summed E-state index contributed by atoms with van der Waals surface area (Å²) >= 11 is 0. The molecule has 1 aliphatic rings. The Labute approximate surface area is 105 Å². The Bertz CT molecular complexity index is 156. The van der Waals surface area contributed by atoms with E-state index in [1.807, 2.05) is 0 Å². The van der Waals surface area contributed by atoms with E-state index in [0.29, 0.717) is 6.42 Å². The predicted octanol–water partition coefficient (Wildman–Crippen LogP) is 0.234. The van der Waals surface area contributed by atoms with Crippen LogP contribution in [0.2, 0.25) is 0 Å². The Balaban J connectivity index is 0.00000144. The van der Waals surface area contributed by atoms with Crippen molar-refractivity contribution in [2.45, 2.75) is 25.4 Å². The molecule has 0 unspecified atom stereocenters. The second-order valence-corrected chi connectivity index (χ2v) is 3.36. The van der Waals surface area contributed by atoms with E-state index in [4.69, 9.17) is 0 Å². The molecule has 1 aliphatic heterocycles. The fourth-order valence-corrected chi connectivity index (χ4v) is 1.43. The van der Waals surface area contributed by atoms with Gasteiger partial charge in [0.2, 0.25) is 0 Å². The molecule has 13 heavy (non-hydrogen) atoms. The van der Waals surface area contributed by atoms with Gasteiger partial charge < -0.3 is 21.7 Å². The Hall–Kier alpha value is 0.564. The number of carbonyl (C=O) groups excluding carboxylic acids is 1. The monoisotopic (exact) mass is 259 g/mol. The molecule has 1 radical (unpaired) electrons. The molecule has 0 spiro atoms. The Morgan fingerprint density at radius 2 is 2.00 bits per heavy atom. The maximum Gasteiger partial charge on any atom is 0.0564 e. The normalized spacial score (nSPS) is 19.5. The molecule has 73 valence electrons. The fraction of sp³-hybridized carbons (Fsp3) is 0.778. The standard InChI is InChI=1S/C9H16NO2.Y/c1-8(11)2-5-10-6-3-9(12)4-7-10;/h9,12H,1-7H2;/q-1;. The first-order chi connectivity index (χ1) is 5.68. The topological polar surface area (TPSA) is 40.5 Å². The van der Waals surface area contributed by atoms with Crippen LogP contribution in [0, 0.1) is 6.92 Å².